The summed E-state index contributed by atoms with van der Waals surface area (Å²) in [6.45, 7) is 2.63. The Labute approximate surface area is 162 Å². The number of hydrogen-bond donors (Lipinski definition) is 0. The Kier molecular flexibility index (Phi) is 4.94. The Morgan fingerprint density at radius 3 is 2.50 bits per heavy atom. The van der Waals surface area contributed by atoms with Crippen LogP contribution in [0.1, 0.15) is 5.56 Å². The fraction of sp³-hybridized carbons (Fsp3) is 0.353. The Morgan fingerprint density at radius 1 is 1.04 bits per heavy atom. The average molecular weight is 410 g/mol. The van der Waals surface area contributed by atoms with Crippen LogP contribution in [0.5, 0.6) is 0 Å². The molecule has 148 valence electrons. The highest BCUT2D eigenvalue weighted by atomic mass is 32.1. The third-order valence-corrected chi connectivity index (χ3v) is 5.44. The molecule has 0 spiro atoms. The molecular formula is C17H17F3N6OS. The van der Waals surface area contributed by atoms with Gasteiger partial charge in [0.05, 0.1) is 5.56 Å². The number of nitrogens with zero attached hydrogens (tertiary/aromatic N) is 6. The van der Waals surface area contributed by atoms with Crippen molar-refractivity contribution in [2.75, 3.05) is 31.1 Å². The maximum atomic E-state index is 12.9. The Bertz CT molecular complexity index is 989. The summed E-state index contributed by atoms with van der Waals surface area (Å²) in [5, 5.41) is 10.4. The van der Waals surface area contributed by atoms with E-state index in [1.807, 2.05) is 21.2 Å². The number of piperazine rings is 1. The van der Waals surface area contributed by atoms with Gasteiger partial charge in [-0.25, -0.2) is 4.79 Å². The molecule has 0 N–H and O–H groups in total. The van der Waals surface area contributed by atoms with Gasteiger partial charge < -0.3 is 4.90 Å². The zero-order valence-electron chi connectivity index (χ0n) is 14.7. The molecule has 1 aromatic carbocycles. The average Bonchev–Trinajstić information content (AvgIpc) is 3.32. The largest absolute Gasteiger partial charge is 0.416 e. The summed E-state index contributed by atoms with van der Waals surface area (Å²) in [6, 6.07) is 8.97. The number of alkyl halides is 3. The van der Waals surface area contributed by atoms with Crippen LogP contribution in [0.4, 0.5) is 18.9 Å². The van der Waals surface area contributed by atoms with Crippen molar-refractivity contribution in [1.29, 1.82) is 0 Å². The van der Waals surface area contributed by atoms with Gasteiger partial charge in [-0.3, -0.25) is 4.90 Å². The molecule has 4 rings (SSSR count). The summed E-state index contributed by atoms with van der Waals surface area (Å²) in [6.07, 6.45) is -4.35. The number of hydrogen-bond acceptors (Lipinski definition) is 6. The minimum atomic E-state index is -4.35. The van der Waals surface area contributed by atoms with Crippen LogP contribution < -0.4 is 10.6 Å². The molecule has 7 nitrogen and oxygen atoms in total. The molecule has 0 saturated carbocycles. The maximum Gasteiger partial charge on any atom is 0.416 e. The molecule has 1 saturated heterocycles. The van der Waals surface area contributed by atoms with E-state index in [1.54, 1.807) is 12.1 Å². The molecule has 0 amide bonds. The summed E-state index contributed by atoms with van der Waals surface area (Å²) in [7, 11) is 0. The molecule has 0 aliphatic carbocycles. The second kappa shape index (κ2) is 7.40. The van der Waals surface area contributed by atoms with Crippen molar-refractivity contribution in [3.8, 4) is 5.00 Å². The third-order valence-electron chi connectivity index (χ3n) is 4.60. The van der Waals surface area contributed by atoms with Crippen molar-refractivity contribution in [3.05, 3.63) is 57.8 Å². The van der Waals surface area contributed by atoms with Crippen molar-refractivity contribution in [2.45, 2.75) is 12.8 Å². The first-order valence-electron chi connectivity index (χ1n) is 8.63. The first-order chi connectivity index (χ1) is 13.4. The van der Waals surface area contributed by atoms with E-state index in [1.165, 1.54) is 32.8 Å². The van der Waals surface area contributed by atoms with Crippen LogP contribution in [0, 0.1) is 0 Å². The van der Waals surface area contributed by atoms with E-state index in [0.29, 0.717) is 43.5 Å². The molecule has 1 aliphatic rings. The van der Waals surface area contributed by atoms with Gasteiger partial charge in [-0.05, 0) is 46.1 Å². The summed E-state index contributed by atoms with van der Waals surface area (Å²) >= 11 is 1.40. The Morgan fingerprint density at radius 2 is 1.82 bits per heavy atom. The first-order valence-corrected chi connectivity index (χ1v) is 9.51. The van der Waals surface area contributed by atoms with Crippen LogP contribution in [-0.4, -0.2) is 50.9 Å². The molecule has 0 unspecified atom stereocenters. The minimum Gasteiger partial charge on any atom is -0.369 e. The lowest BCUT2D eigenvalue weighted by Gasteiger charge is -2.35. The van der Waals surface area contributed by atoms with Gasteiger partial charge in [0.25, 0.3) is 0 Å². The van der Waals surface area contributed by atoms with E-state index in [-0.39, 0.29) is 5.69 Å². The van der Waals surface area contributed by atoms with Gasteiger partial charge in [-0.1, -0.05) is 6.07 Å². The predicted molar refractivity (Wildman–Crippen MR) is 98.7 cm³/mol. The SMILES string of the molecule is O=c1n(CN2CCN(c3cccc(C(F)(F)F)c3)CC2)nnn1-c1cccs1. The lowest BCUT2D eigenvalue weighted by atomic mass is 10.1. The number of aromatic nitrogens is 4. The van der Waals surface area contributed by atoms with E-state index in [4.69, 9.17) is 0 Å². The van der Waals surface area contributed by atoms with E-state index in [9.17, 15) is 18.0 Å². The van der Waals surface area contributed by atoms with Gasteiger partial charge in [-0.15, -0.1) is 11.3 Å². The summed E-state index contributed by atoms with van der Waals surface area (Å²) in [5.41, 5.74) is -0.415. The molecule has 1 aliphatic heterocycles. The summed E-state index contributed by atoms with van der Waals surface area (Å²) in [5.74, 6) is 0. The summed E-state index contributed by atoms with van der Waals surface area (Å²) in [4.78, 5) is 16.4. The van der Waals surface area contributed by atoms with Gasteiger partial charge in [-0.2, -0.15) is 22.5 Å². The standard InChI is InChI=1S/C17H17F3N6OS/c18-17(19,20)13-3-1-4-14(11-13)24-8-6-23(7-9-24)12-25-16(27)26(22-21-25)15-5-2-10-28-15/h1-5,10-11H,6-9,12H2. The summed E-state index contributed by atoms with van der Waals surface area (Å²) < 4.78 is 41.3. The van der Waals surface area contributed by atoms with Gasteiger partial charge in [0.1, 0.15) is 11.7 Å². The van der Waals surface area contributed by atoms with Crippen LogP contribution in [-0.2, 0) is 12.8 Å². The van der Waals surface area contributed by atoms with Crippen molar-refractivity contribution < 1.29 is 13.2 Å². The molecule has 3 aromatic rings. The van der Waals surface area contributed by atoms with Crippen LogP contribution in [0.2, 0.25) is 0 Å². The first kappa shape index (κ1) is 18.7. The number of rotatable bonds is 4. The zero-order valence-corrected chi connectivity index (χ0v) is 15.5. The molecule has 11 heteroatoms. The topological polar surface area (TPSA) is 59.2 Å². The second-order valence-corrected chi connectivity index (χ2v) is 7.34. The monoisotopic (exact) mass is 410 g/mol. The van der Waals surface area contributed by atoms with Crippen molar-refractivity contribution >= 4 is 17.0 Å². The number of anilines is 1. The van der Waals surface area contributed by atoms with Crippen LogP contribution in [0.3, 0.4) is 0 Å². The second-order valence-electron chi connectivity index (χ2n) is 6.42. The predicted octanol–water partition coefficient (Wildman–Crippen LogP) is 2.29. The van der Waals surface area contributed by atoms with Gasteiger partial charge in [0.15, 0.2) is 0 Å². The fourth-order valence-corrected chi connectivity index (χ4v) is 3.78. The zero-order chi connectivity index (χ0) is 19.7. The van der Waals surface area contributed by atoms with Crippen molar-refractivity contribution in [3.63, 3.8) is 0 Å². The highest BCUT2D eigenvalue weighted by Crippen LogP contribution is 2.31. The molecule has 0 atom stereocenters. The van der Waals surface area contributed by atoms with Crippen molar-refractivity contribution in [1.82, 2.24) is 24.7 Å². The van der Waals surface area contributed by atoms with Crippen LogP contribution >= 0.6 is 11.3 Å². The number of tetrazole rings is 1. The quantitative estimate of drug-likeness (QED) is 0.661. The third kappa shape index (κ3) is 3.80. The van der Waals surface area contributed by atoms with E-state index < -0.39 is 11.7 Å². The highest BCUT2D eigenvalue weighted by molar-refractivity contribution is 7.12. The normalized spacial score (nSPS) is 15.9. The molecular weight excluding hydrogens is 393 g/mol. The van der Waals surface area contributed by atoms with E-state index in [2.05, 4.69) is 10.4 Å². The number of halogens is 3. The lowest BCUT2D eigenvalue weighted by Crippen LogP contribution is -2.48. The van der Waals surface area contributed by atoms with Crippen molar-refractivity contribution in [2.24, 2.45) is 0 Å². The van der Waals surface area contributed by atoms with Crippen LogP contribution in [0.15, 0.2) is 46.6 Å². The molecule has 28 heavy (non-hydrogen) atoms. The Hall–Kier alpha value is -2.66. The fourth-order valence-electron chi connectivity index (χ4n) is 3.11. The van der Waals surface area contributed by atoms with Gasteiger partial charge in [0, 0.05) is 31.9 Å². The van der Waals surface area contributed by atoms with E-state index in [0.717, 1.165) is 6.07 Å². The number of benzene rings is 1. The Balaban J connectivity index is 1.40. The van der Waals surface area contributed by atoms with Gasteiger partial charge >= 0.3 is 11.9 Å². The maximum absolute atomic E-state index is 12.9. The molecule has 0 bridgehead atoms. The van der Waals surface area contributed by atoms with Gasteiger partial charge in [0.2, 0.25) is 0 Å². The van der Waals surface area contributed by atoms with Crippen LogP contribution in [0.25, 0.3) is 5.00 Å². The smallest absolute Gasteiger partial charge is 0.369 e. The molecule has 2 aromatic heterocycles. The molecule has 0 radical (unpaired) electrons. The molecule has 1 fully saturated rings. The molecule has 3 heterocycles. The lowest BCUT2D eigenvalue weighted by molar-refractivity contribution is -0.137. The number of thiophene rings is 1. The highest BCUT2D eigenvalue weighted by Gasteiger charge is 2.31. The van der Waals surface area contributed by atoms with E-state index >= 15 is 0 Å². The minimum absolute atomic E-state index is 0.292.